The van der Waals surface area contributed by atoms with Crippen molar-refractivity contribution >= 4 is 29.1 Å². The summed E-state index contributed by atoms with van der Waals surface area (Å²) in [5.74, 6) is -1.29. The van der Waals surface area contributed by atoms with Crippen molar-refractivity contribution < 1.29 is 14.7 Å². The van der Waals surface area contributed by atoms with Crippen LogP contribution in [-0.2, 0) is 9.59 Å². The number of carboxylic acid groups (broad SMARTS) is 1. The molecule has 4 rings (SSSR count). The first-order valence-electron chi connectivity index (χ1n) is 12.6. The number of carbonyl (C=O) groups is 2. The molecule has 0 aliphatic heterocycles. The Morgan fingerprint density at radius 2 is 1.69 bits per heavy atom. The highest BCUT2D eigenvalue weighted by molar-refractivity contribution is 6.32. The summed E-state index contributed by atoms with van der Waals surface area (Å²) in [6, 6.07) is 14.4. The van der Waals surface area contributed by atoms with Crippen LogP contribution in [0.3, 0.4) is 0 Å². The molecule has 36 heavy (non-hydrogen) atoms. The lowest BCUT2D eigenvalue weighted by molar-refractivity contribution is -0.142. The van der Waals surface area contributed by atoms with Gasteiger partial charge in [-0.15, -0.1) is 0 Å². The summed E-state index contributed by atoms with van der Waals surface area (Å²) in [4.78, 5) is 25.5. The van der Waals surface area contributed by atoms with E-state index in [-0.39, 0.29) is 11.9 Å². The van der Waals surface area contributed by atoms with Gasteiger partial charge in [0.25, 0.3) is 0 Å². The third-order valence-corrected chi connectivity index (χ3v) is 8.12. The Morgan fingerprint density at radius 1 is 1.08 bits per heavy atom. The molecular weight excluding hydrogens is 472 g/mol. The van der Waals surface area contributed by atoms with E-state index in [9.17, 15) is 14.7 Å². The van der Waals surface area contributed by atoms with Crippen LogP contribution in [0.15, 0.2) is 59.7 Å². The zero-order valence-corrected chi connectivity index (χ0v) is 22.4. The van der Waals surface area contributed by atoms with Gasteiger partial charge in [-0.25, -0.2) is 4.79 Å². The van der Waals surface area contributed by atoms with E-state index >= 15 is 0 Å². The molecule has 3 N–H and O–H groups in total. The van der Waals surface area contributed by atoms with Crippen molar-refractivity contribution in [3.8, 4) is 0 Å². The van der Waals surface area contributed by atoms with E-state index in [1.54, 1.807) is 0 Å². The normalized spacial score (nSPS) is 21.6. The molecule has 0 heterocycles. The number of carbonyl (C=O) groups excluding carboxylic acids is 1. The Hall–Kier alpha value is -2.89. The molecule has 2 aromatic carbocycles. The minimum atomic E-state index is -1.15. The SMILES string of the molecule is CC[C@@H](NC1(C)CC(c2ccccc2)=CC(C)=C1C(=O)NC1(C(=O)O)CC1)c1cc(C)c(Cl)c(C)c1. The number of carboxylic acids is 1. The maximum Gasteiger partial charge on any atom is 0.329 e. The lowest BCUT2D eigenvalue weighted by Gasteiger charge is -2.41. The van der Waals surface area contributed by atoms with Crippen LogP contribution in [0.5, 0.6) is 0 Å². The van der Waals surface area contributed by atoms with Gasteiger partial charge in [0, 0.05) is 16.6 Å². The summed E-state index contributed by atoms with van der Waals surface area (Å²) in [5.41, 5.74) is 4.98. The molecule has 1 saturated carbocycles. The standard InChI is InChI=1S/C30H35ClN2O3/c1-6-24(22-15-19(3)26(31)20(4)16-22)32-29(5)17-23(21-10-8-7-9-11-21)14-18(2)25(29)27(34)33-30(12-13-30)28(35)36/h7-11,14-16,24,32H,6,12-13,17H2,1-5H3,(H,33,34)(H,35,36)/t24-,29?/m1/s1. The number of benzene rings is 2. The maximum absolute atomic E-state index is 13.7. The molecular formula is C30H35ClN2O3. The highest BCUT2D eigenvalue weighted by Gasteiger charge is 2.53. The van der Waals surface area contributed by atoms with Gasteiger partial charge in [-0.3, -0.25) is 4.79 Å². The van der Waals surface area contributed by atoms with Crippen LogP contribution in [0.4, 0.5) is 0 Å². The number of nitrogens with one attached hydrogen (secondary N) is 2. The second-order valence-corrected chi connectivity index (χ2v) is 10.9. The second kappa shape index (κ2) is 9.87. The Labute approximate surface area is 218 Å². The van der Waals surface area contributed by atoms with E-state index in [0.717, 1.165) is 44.8 Å². The Bertz CT molecular complexity index is 1240. The lowest BCUT2D eigenvalue weighted by Crippen LogP contribution is -2.54. The van der Waals surface area contributed by atoms with Gasteiger partial charge in [0.2, 0.25) is 5.91 Å². The van der Waals surface area contributed by atoms with Gasteiger partial charge in [0.05, 0.1) is 5.54 Å². The molecule has 0 aromatic heterocycles. The lowest BCUT2D eigenvalue weighted by atomic mass is 9.75. The van der Waals surface area contributed by atoms with E-state index in [2.05, 4.69) is 54.8 Å². The number of rotatable bonds is 8. The monoisotopic (exact) mass is 506 g/mol. The average Bonchev–Trinajstić information content (AvgIpc) is 3.61. The molecule has 0 saturated heterocycles. The van der Waals surface area contributed by atoms with Crippen molar-refractivity contribution in [1.29, 1.82) is 0 Å². The van der Waals surface area contributed by atoms with Gasteiger partial charge >= 0.3 is 5.97 Å². The molecule has 2 aliphatic rings. The number of hydrogen-bond donors (Lipinski definition) is 3. The van der Waals surface area contributed by atoms with E-state index in [0.29, 0.717) is 24.8 Å². The topological polar surface area (TPSA) is 78.4 Å². The van der Waals surface area contributed by atoms with Gasteiger partial charge in [-0.2, -0.15) is 0 Å². The first kappa shape index (κ1) is 26.2. The van der Waals surface area contributed by atoms with E-state index in [1.807, 2.05) is 39.0 Å². The predicted octanol–water partition coefficient (Wildman–Crippen LogP) is 6.29. The first-order valence-corrected chi connectivity index (χ1v) is 12.9. The van der Waals surface area contributed by atoms with Crippen LogP contribution in [0.2, 0.25) is 5.02 Å². The van der Waals surface area contributed by atoms with Gasteiger partial charge in [0.1, 0.15) is 5.54 Å². The summed E-state index contributed by atoms with van der Waals surface area (Å²) in [5, 5.41) is 17.1. The molecule has 0 spiro atoms. The Kier molecular flexibility index (Phi) is 7.18. The van der Waals surface area contributed by atoms with Crippen molar-refractivity contribution in [2.45, 2.75) is 77.4 Å². The summed E-state index contributed by atoms with van der Waals surface area (Å²) in [6.45, 7) is 10.1. The largest absolute Gasteiger partial charge is 0.480 e. The average molecular weight is 507 g/mol. The zero-order chi connectivity index (χ0) is 26.3. The third kappa shape index (κ3) is 5.00. The third-order valence-electron chi connectivity index (χ3n) is 7.53. The predicted molar refractivity (Wildman–Crippen MR) is 145 cm³/mol. The fourth-order valence-electron chi connectivity index (χ4n) is 5.46. The van der Waals surface area contributed by atoms with E-state index in [1.165, 1.54) is 0 Å². The smallest absolute Gasteiger partial charge is 0.329 e. The van der Waals surface area contributed by atoms with Gasteiger partial charge in [-0.05, 0) is 86.8 Å². The van der Waals surface area contributed by atoms with E-state index < -0.39 is 17.0 Å². The van der Waals surface area contributed by atoms with Crippen LogP contribution in [0.25, 0.3) is 5.57 Å². The van der Waals surface area contributed by atoms with Crippen molar-refractivity contribution in [1.82, 2.24) is 10.6 Å². The van der Waals surface area contributed by atoms with E-state index in [4.69, 9.17) is 11.6 Å². The van der Waals surface area contributed by atoms with Crippen molar-refractivity contribution in [3.63, 3.8) is 0 Å². The van der Waals surface area contributed by atoms with Crippen LogP contribution in [-0.4, -0.2) is 28.1 Å². The number of allylic oxidation sites excluding steroid dienone is 2. The van der Waals surface area contributed by atoms with Crippen LogP contribution in [0, 0.1) is 13.8 Å². The minimum absolute atomic E-state index is 0.0234. The van der Waals surface area contributed by atoms with Crippen molar-refractivity contribution in [2.75, 3.05) is 0 Å². The number of aliphatic carboxylic acids is 1. The zero-order valence-electron chi connectivity index (χ0n) is 21.7. The van der Waals surface area contributed by atoms with Gasteiger partial charge in [-0.1, -0.05) is 67.1 Å². The molecule has 2 atom stereocenters. The fraction of sp³-hybridized carbons (Fsp3) is 0.400. The minimum Gasteiger partial charge on any atom is -0.480 e. The number of aryl methyl sites for hydroxylation is 2. The molecule has 5 nitrogen and oxygen atoms in total. The molecule has 6 heteroatoms. The maximum atomic E-state index is 13.7. The number of halogens is 1. The number of amides is 1. The van der Waals surface area contributed by atoms with Crippen LogP contribution >= 0.6 is 11.6 Å². The second-order valence-electron chi connectivity index (χ2n) is 10.5. The Balaban J connectivity index is 1.76. The highest BCUT2D eigenvalue weighted by atomic mass is 35.5. The summed E-state index contributed by atoms with van der Waals surface area (Å²) in [6.07, 6.45) is 4.38. The molecule has 1 fully saturated rings. The quantitative estimate of drug-likeness (QED) is 0.393. The summed E-state index contributed by atoms with van der Waals surface area (Å²) >= 11 is 6.44. The van der Waals surface area contributed by atoms with Crippen molar-refractivity contribution in [2.24, 2.45) is 0 Å². The molecule has 0 bridgehead atoms. The molecule has 2 aromatic rings. The highest BCUT2D eigenvalue weighted by Crippen LogP contribution is 2.42. The van der Waals surface area contributed by atoms with Crippen molar-refractivity contribution in [3.05, 3.63) is 87.0 Å². The molecule has 1 amide bonds. The number of hydrogen-bond acceptors (Lipinski definition) is 3. The fourth-order valence-corrected chi connectivity index (χ4v) is 5.57. The molecule has 2 aliphatic carbocycles. The van der Waals surface area contributed by atoms with Gasteiger partial charge < -0.3 is 15.7 Å². The van der Waals surface area contributed by atoms with Gasteiger partial charge in [0.15, 0.2) is 0 Å². The summed E-state index contributed by atoms with van der Waals surface area (Å²) in [7, 11) is 0. The first-order chi connectivity index (χ1) is 17.0. The molecule has 1 unspecified atom stereocenters. The summed E-state index contributed by atoms with van der Waals surface area (Å²) < 4.78 is 0. The molecule has 0 radical (unpaired) electrons. The van der Waals surface area contributed by atoms with Crippen LogP contribution < -0.4 is 10.6 Å². The van der Waals surface area contributed by atoms with Crippen LogP contribution in [0.1, 0.15) is 74.8 Å². The Morgan fingerprint density at radius 3 is 2.22 bits per heavy atom. The molecule has 190 valence electrons.